The van der Waals surface area contributed by atoms with Gasteiger partial charge in [-0.25, -0.2) is 0 Å². The highest BCUT2D eigenvalue weighted by Crippen LogP contribution is 2.22. The zero-order valence-corrected chi connectivity index (χ0v) is 8.01. The van der Waals surface area contributed by atoms with E-state index in [0.717, 1.165) is 30.7 Å². The van der Waals surface area contributed by atoms with Crippen LogP contribution in [0.5, 0.6) is 0 Å². The van der Waals surface area contributed by atoms with Gasteiger partial charge in [0.1, 0.15) is 0 Å². The average molecular weight is 174 g/mol. The predicted octanol–water partition coefficient (Wildman–Crippen LogP) is 1.88. The van der Waals surface area contributed by atoms with Crippen molar-refractivity contribution in [3.05, 3.63) is 36.0 Å². The summed E-state index contributed by atoms with van der Waals surface area (Å²) in [5, 5.41) is 8.73. The molecule has 0 atom stereocenters. The number of allylic oxidation sites excluding steroid dienone is 1. The molecule has 0 aromatic heterocycles. The third-order valence-corrected chi connectivity index (χ3v) is 2.32. The predicted molar refractivity (Wildman–Crippen MR) is 54.1 cm³/mol. The maximum atomic E-state index is 8.73. The lowest BCUT2D eigenvalue weighted by molar-refractivity contribution is 0.353. The monoisotopic (exact) mass is 174 g/mol. The fraction of sp³-hybridized carbons (Fsp3) is 0.364. The van der Waals surface area contributed by atoms with Crippen molar-refractivity contribution >= 4 is 0 Å². The Morgan fingerprint density at radius 2 is 2.38 bits per heavy atom. The summed E-state index contributed by atoms with van der Waals surface area (Å²) in [6.45, 7) is 9.35. The molecule has 0 radical (unpaired) electrons. The largest absolute Gasteiger partial charge is 0.302 e. The van der Waals surface area contributed by atoms with Crippen LogP contribution in [0.25, 0.3) is 0 Å². The van der Waals surface area contributed by atoms with Crippen molar-refractivity contribution in [1.82, 2.24) is 4.90 Å². The summed E-state index contributed by atoms with van der Waals surface area (Å²) >= 11 is 0. The van der Waals surface area contributed by atoms with Crippen molar-refractivity contribution in [1.29, 1.82) is 5.26 Å². The number of nitriles is 1. The van der Waals surface area contributed by atoms with E-state index in [0.29, 0.717) is 5.57 Å². The molecule has 1 rings (SSSR count). The van der Waals surface area contributed by atoms with E-state index < -0.39 is 0 Å². The van der Waals surface area contributed by atoms with Gasteiger partial charge >= 0.3 is 0 Å². The standard InChI is InChI=1S/C11H14N2/c1-4-10-8-13(3)6-5-11(10)9(2)7-12/h4H,1-2,5-6,8H2,3H3. The summed E-state index contributed by atoms with van der Waals surface area (Å²) < 4.78 is 0. The van der Waals surface area contributed by atoms with Gasteiger partial charge in [-0.3, -0.25) is 0 Å². The minimum atomic E-state index is 0.586. The Kier molecular flexibility index (Phi) is 3.05. The molecule has 0 fully saturated rings. The maximum absolute atomic E-state index is 8.73. The van der Waals surface area contributed by atoms with Crippen LogP contribution in [0, 0.1) is 11.3 Å². The molecule has 1 heterocycles. The van der Waals surface area contributed by atoms with Crippen molar-refractivity contribution in [2.75, 3.05) is 20.1 Å². The maximum Gasteiger partial charge on any atom is 0.0988 e. The fourth-order valence-electron chi connectivity index (χ4n) is 1.53. The van der Waals surface area contributed by atoms with Crippen LogP contribution in [0.1, 0.15) is 6.42 Å². The van der Waals surface area contributed by atoms with Crippen molar-refractivity contribution in [2.24, 2.45) is 0 Å². The van der Waals surface area contributed by atoms with Crippen molar-refractivity contribution in [3.8, 4) is 6.07 Å². The summed E-state index contributed by atoms with van der Waals surface area (Å²) in [6, 6.07) is 2.10. The number of rotatable bonds is 2. The van der Waals surface area contributed by atoms with Crippen LogP contribution in [-0.2, 0) is 0 Å². The minimum absolute atomic E-state index is 0.586. The molecule has 1 aliphatic rings. The lowest BCUT2D eigenvalue weighted by Gasteiger charge is -2.25. The molecular formula is C11H14N2. The Balaban J connectivity index is 2.97. The summed E-state index contributed by atoms with van der Waals surface area (Å²) in [7, 11) is 2.06. The number of nitrogens with zero attached hydrogens (tertiary/aromatic N) is 2. The molecular weight excluding hydrogens is 160 g/mol. The van der Waals surface area contributed by atoms with Gasteiger partial charge in [0.25, 0.3) is 0 Å². The van der Waals surface area contributed by atoms with Crippen LogP contribution in [-0.4, -0.2) is 25.0 Å². The van der Waals surface area contributed by atoms with Crippen molar-refractivity contribution < 1.29 is 0 Å². The van der Waals surface area contributed by atoms with Crippen molar-refractivity contribution in [3.63, 3.8) is 0 Å². The number of hydrogen-bond donors (Lipinski definition) is 0. The summed E-state index contributed by atoms with van der Waals surface area (Å²) in [5.41, 5.74) is 2.80. The topological polar surface area (TPSA) is 27.0 Å². The van der Waals surface area contributed by atoms with Gasteiger partial charge in [0, 0.05) is 18.7 Å². The second kappa shape index (κ2) is 4.06. The van der Waals surface area contributed by atoms with E-state index in [1.807, 2.05) is 6.08 Å². The second-order valence-corrected chi connectivity index (χ2v) is 3.29. The fourth-order valence-corrected chi connectivity index (χ4v) is 1.53. The van der Waals surface area contributed by atoms with Gasteiger partial charge in [-0.1, -0.05) is 19.2 Å². The zero-order chi connectivity index (χ0) is 9.84. The van der Waals surface area contributed by atoms with E-state index in [-0.39, 0.29) is 0 Å². The molecule has 0 spiro atoms. The first-order chi connectivity index (χ1) is 6.19. The average Bonchev–Trinajstić information content (AvgIpc) is 2.16. The Bertz CT molecular complexity index is 305. The van der Waals surface area contributed by atoms with Crippen LogP contribution in [0.4, 0.5) is 0 Å². The van der Waals surface area contributed by atoms with Crippen LogP contribution in [0.3, 0.4) is 0 Å². The molecule has 0 aliphatic carbocycles. The third kappa shape index (κ3) is 2.07. The summed E-state index contributed by atoms with van der Waals surface area (Å²) in [6.07, 6.45) is 2.73. The summed E-state index contributed by atoms with van der Waals surface area (Å²) in [5.74, 6) is 0. The van der Waals surface area contributed by atoms with Crippen LogP contribution >= 0.6 is 0 Å². The normalized spacial score (nSPS) is 18.2. The Labute approximate surface area is 79.5 Å². The molecule has 1 aliphatic heterocycles. The first-order valence-corrected chi connectivity index (χ1v) is 4.31. The highest BCUT2D eigenvalue weighted by Gasteiger charge is 2.15. The van der Waals surface area contributed by atoms with Gasteiger partial charge < -0.3 is 4.90 Å². The number of hydrogen-bond acceptors (Lipinski definition) is 2. The van der Waals surface area contributed by atoms with E-state index >= 15 is 0 Å². The Hall–Kier alpha value is -1.33. The number of likely N-dealkylation sites (N-methyl/N-ethyl adjacent to an activating group) is 1. The molecule has 2 nitrogen and oxygen atoms in total. The highest BCUT2D eigenvalue weighted by molar-refractivity contribution is 5.47. The van der Waals surface area contributed by atoms with E-state index in [1.54, 1.807) is 0 Å². The van der Waals surface area contributed by atoms with Crippen LogP contribution < -0.4 is 0 Å². The van der Waals surface area contributed by atoms with E-state index in [2.05, 4.69) is 31.2 Å². The van der Waals surface area contributed by atoms with E-state index in [4.69, 9.17) is 5.26 Å². The SMILES string of the molecule is C=CC1=C(C(=C)C#N)CCN(C)C1. The lowest BCUT2D eigenvalue weighted by Crippen LogP contribution is -2.27. The molecule has 68 valence electrons. The van der Waals surface area contributed by atoms with Crippen molar-refractivity contribution in [2.45, 2.75) is 6.42 Å². The van der Waals surface area contributed by atoms with Gasteiger partial charge in [0.05, 0.1) is 6.07 Å². The van der Waals surface area contributed by atoms with Crippen LogP contribution in [0.2, 0.25) is 0 Å². The van der Waals surface area contributed by atoms with Crippen LogP contribution in [0.15, 0.2) is 36.0 Å². The smallest absolute Gasteiger partial charge is 0.0988 e. The molecule has 0 aromatic rings. The first-order valence-electron chi connectivity index (χ1n) is 4.31. The molecule has 0 unspecified atom stereocenters. The van der Waals surface area contributed by atoms with Gasteiger partial charge in [0.15, 0.2) is 0 Å². The molecule has 0 saturated carbocycles. The Morgan fingerprint density at radius 3 is 2.92 bits per heavy atom. The quantitative estimate of drug-likeness (QED) is 0.598. The van der Waals surface area contributed by atoms with E-state index in [1.165, 1.54) is 0 Å². The van der Waals surface area contributed by atoms with Gasteiger partial charge in [-0.15, -0.1) is 0 Å². The first kappa shape index (κ1) is 9.76. The molecule has 0 saturated heterocycles. The lowest BCUT2D eigenvalue weighted by atomic mass is 9.95. The molecule has 0 amide bonds. The molecule has 2 heteroatoms. The Morgan fingerprint density at radius 1 is 1.69 bits per heavy atom. The van der Waals surface area contributed by atoms with E-state index in [9.17, 15) is 0 Å². The van der Waals surface area contributed by atoms with Gasteiger partial charge in [-0.05, 0) is 24.6 Å². The molecule has 13 heavy (non-hydrogen) atoms. The molecule has 0 aromatic carbocycles. The second-order valence-electron chi connectivity index (χ2n) is 3.29. The summed E-state index contributed by atoms with van der Waals surface area (Å²) in [4.78, 5) is 2.21. The van der Waals surface area contributed by atoms with Gasteiger partial charge in [-0.2, -0.15) is 5.26 Å². The third-order valence-electron chi connectivity index (χ3n) is 2.32. The van der Waals surface area contributed by atoms with Gasteiger partial charge in [0.2, 0.25) is 0 Å². The molecule has 0 bridgehead atoms. The highest BCUT2D eigenvalue weighted by atomic mass is 15.1. The molecule has 0 N–H and O–H groups in total. The zero-order valence-electron chi connectivity index (χ0n) is 8.01. The minimum Gasteiger partial charge on any atom is -0.302 e.